The van der Waals surface area contributed by atoms with Crippen molar-refractivity contribution < 1.29 is 13.2 Å². The normalized spacial score (nSPS) is 16.2. The lowest BCUT2D eigenvalue weighted by Crippen LogP contribution is -2.36. The Morgan fingerprint density at radius 2 is 2.03 bits per heavy atom. The highest BCUT2D eigenvalue weighted by atomic mass is 32.2. The van der Waals surface area contributed by atoms with Crippen LogP contribution in [0, 0.1) is 0 Å². The van der Waals surface area contributed by atoms with Gasteiger partial charge in [0, 0.05) is 13.1 Å². The number of hydrogen-bond donors (Lipinski definition) is 1. The van der Waals surface area contributed by atoms with Crippen LogP contribution in [-0.4, -0.2) is 41.1 Å². The van der Waals surface area contributed by atoms with Crippen LogP contribution in [0.5, 0.6) is 0 Å². The lowest BCUT2D eigenvalue weighted by molar-refractivity contribution is 0.0725. The number of amides is 1. The molecule has 30 heavy (non-hydrogen) atoms. The fourth-order valence-electron chi connectivity index (χ4n) is 3.63. The van der Waals surface area contributed by atoms with Gasteiger partial charge in [0.15, 0.2) is 4.90 Å². The first-order valence-electron chi connectivity index (χ1n) is 9.78. The molecule has 9 heteroatoms. The summed E-state index contributed by atoms with van der Waals surface area (Å²) >= 11 is 0.989. The second-order valence-corrected chi connectivity index (χ2v) is 9.47. The maximum absolute atomic E-state index is 13.3. The van der Waals surface area contributed by atoms with E-state index >= 15 is 0 Å². The fourth-order valence-corrected chi connectivity index (χ4v) is 5.49. The molecular formula is C21H23N4O3S2+. The zero-order valence-electron chi connectivity index (χ0n) is 16.4. The van der Waals surface area contributed by atoms with Crippen LogP contribution in [0.4, 0.5) is 5.69 Å². The largest absolute Gasteiger partial charge is 0.398 e. The van der Waals surface area contributed by atoms with Crippen LogP contribution >= 0.6 is 11.7 Å². The summed E-state index contributed by atoms with van der Waals surface area (Å²) in [6, 6.07) is 10.3. The maximum Gasteiger partial charge on any atom is 0.398 e. The van der Waals surface area contributed by atoms with Crippen molar-refractivity contribution in [2.24, 2.45) is 0 Å². The third-order valence-corrected chi connectivity index (χ3v) is 7.10. The number of fused-ring (bicyclic) bond motifs is 1. The van der Waals surface area contributed by atoms with Gasteiger partial charge in [0.25, 0.3) is 5.91 Å². The molecule has 1 unspecified atom stereocenters. The number of aromatic nitrogens is 2. The van der Waals surface area contributed by atoms with E-state index < -0.39 is 10.0 Å². The monoisotopic (exact) mass is 443 g/mol. The number of carbonyl (C=O) groups excluding carboxylic acids is 1. The van der Waals surface area contributed by atoms with E-state index in [1.165, 1.54) is 0 Å². The van der Waals surface area contributed by atoms with Gasteiger partial charge in [-0.05, 0) is 55.5 Å². The minimum absolute atomic E-state index is 0.133. The van der Waals surface area contributed by atoms with Gasteiger partial charge in [-0.3, -0.25) is 4.79 Å². The van der Waals surface area contributed by atoms with Crippen molar-refractivity contribution in [2.75, 3.05) is 17.8 Å². The minimum atomic E-state index is -3.72. The van der Waals surface area contributed by atoms with Crippen LogP contribution in [0.2, 0.25) is 0 Å². The number of hydrogen-bond acceptors (Lipinski definition) is 5. The number of carbonyl (C=O) groups is 1. The second-order valence-electron chi connectivity index (χ2n) is 7.24. The van der Waals surface area contributed by atoms with Crippen LogP contribution < -0.4 is 4.72 Å². The first-order chi connectivity index (χ1) is 14.5. The maximum atomic E-state index is 13.3. The number of nitrogens with zero attached hydrogens (tertiary/aromatic N) is 3. The quantitative estimate of drug-likeness (QED) is 0.460. The van der Waals surface area contributed by atoms with Crippen molar-refractivity contribution >= 4 is 44.4 Å². The lowest BCUT2D eigenvalue weighted by Gasteiger charge is -2.27. The molecule has 0 spiro atoms. The molecule has 2 N–H and O–H groups in total. The zero-order chi connectivity index (χ0) is 21.1. The van der Waals surface area contributed by atoms with Crippen molar-refractivity contribution in [3.8, 4) is 0 Å². The molecule has 1 aliphatic rings. The summed E-state index contributed by atoms with van der Waals surface area (Å²) < 4.78 is 35.3. The molecule has 1 saturated heterocycles. The Kier molecular flexibility index (Phi) is 5.83. The van der Waals surface area contributed by atoms with Crippen molar-refractivity contribution in [1.29, 1.82) is 0 Å². The van der Waals surface area contributed by atoms with Gasteiger partial charge in [-0.2, -0.15) is 13.0 Å². The summed E-state index contributed by atoms with van der Waals surface area (Å²) in [5, 5.41) is 0. The zero-order valence-corrected chi connectivity index (χ0v) is 18.0. The van der Waals surface area contributed by atoms with Crippen LogP contribution in [0.25, 0.3) is 11.0 Å². The molecule has 7 nitrogen and oxygen atoms in total. The average molecular weight is 444 g/mol. The van der Waals surface area contributed by atoms with Gasteiger partial charge >= 0.3 is 10.0 Å². The molecule has 1 aromatic heterocycles. The molecule has 1 fully saturated rings. The van der Waals surface area contributed by atoms with Crippen LogP contribution in [0.1, 0.15) is 35.2 Å². The van der Waals surface area contributed by atoms with E-state index in [1.807, 2.05) is 6.07 Å². The minimum Gasteiger partial charge on any atom is -0.339 e. The molecule has 2 heterocycles. The van der Waals surface area contributed by atoms with Crippen LogP contribution in [0.15, 0.2) is 53.9 Å². The van der Waals surface area contributed by atoms with Crippen molar-refractivity contribution in [3.05, 3.63) is 60.2 Å². The Morgan fingerprint density at radius 3 is 2.80 bits per heavy atom. The number of benzene rings is 2. The highest BCUT2D eigenvalue weighted by Crippen LogP contribution is 2.27. The van der Waals surface area contributed by atoms with Gasteiger partial charge in [-0.15, -0.1) is 6.58 Å². The smallest absolute Gasteiger partial charge is 0.339 e. The highest BCUT2D eigenvalue weighted by molar-refractivity contribution is 7.93. The summed E-state index contributed by atoms with van der Waals surface area (Å²) in [5.41, 5.74) is 2.55. The van der Waals surface area contributed by atoms with Gasteiger partial charge in [0.05, 0.1) is 23.0 Å². The fraction of sp³-hybridized carbons (Fsp3) is 0.286. The Balaban J connectivity index is 1.74. The summed E-state index contributed by atoms with van der Waals surface area (Å²) in [6.07, 6.45) is 5.40. The molecule has 1 atom stereocenters. The Labute approximate surface area is 179 Å². The summed E-state index contributed by atoms with van der Waals surface area (Å²) in [4.78, 5) is 15.1. The van der Waals surface area contributed by atoms with E-state index in [4.69, 9.17) is 0 Å². The summed E-state index contributed by atoms with van der Waals surface area (Å²) in [5.74, 6) is -0.133. The molecule has 2 aromatic carbocycles. The van der Waals surface area contributed by atoms with Crippen molar-refractivity contribution in [1.82, 2.24) is 13.6 Å². The van der Waals surface area contributed by atoms with Crippen LogP contribution in [0.3, 0.4) is 0 Å². The predicted octanol–water partition coefficient (Wildman–Crippen LogP) is 4.00. The molecule has 3 aromatic rings. The summed E-state index contributed by atoms with van der Waals surface area (Å²) in [7, 11) is -3.72. The number of likely N-dealkylation sites (tertiary alicyclic amines) is 1. The standard InChI is InChI=1S/C21H22N4O3S2/c1-2-7-15-10-11-16(21(26)25-12-4-3-5-13-25)18(14-15)24-30(27,28)19-9-6-8-17-20(19)23-29-22-17/h2,6,8-11,14H,1,3-5,7,12-13H2,(H,24,27,28)/p+1. The third-order valence-electron chi connectivity index (χ3n) is 5.13. The van der Waals surface area contributed by atoms with Crippen molar-refractivity contribution in [3.63, 3.8) is 0 Å². The molecule has 0 radical (unpaired) electrons. The van der Waals surface area contributed by atoms with Crippen molar-refractivity contribution in [2.45, 2.75) is 30.6 Å². The second kappa shape index (κ2) is 8.53. The van der Waals surface area contributed by atoms with E-state index in [2.05, 4.69) is 20.0 Å². The van der Waals surface area contributed by atoms with E-state index in [9.17, 15) is 13.2 Å². The van der Waals surface area contributed by atoms with Crippen LogP contribution in [-0.2, 0) is 16.4 Å². The Bertz CT molecular complexity index is 1200. The first-order valence-corrected chi connectivity index (χ1v) is 12.0. The number of anilines is 1. The Morgan fingerprint density at radius 1 is 1.23 bits per heavy atom. The topological polar surface area (TPSA) is 96.6 Å². The highest BCUT2D eigenvalue weighted by Gasteiger charge is 2.28. The van der Waals surface area contributed by atoms with Gasteiger partial charge in [-0.1, -0.05) is 18.2 Å². The van der Waals surface area contributed by atoms with Gasteiger partial charge < -0.3 is 4.90 Å². The first kappa shape index (κ1) is 20.5. The summed E-state index contributed by atoms with van der Waals surface area (Å²) in [6.45, 7) is 5.15. The molecule has 0 bridgehead atoms. The molecule has 4 rings (SSSR count). The number of rotatable bonds is 6. The van der Waals surface area contributed by atoms with Gasteiger partial charge in [0.2, 0.25) is 0 Å². The Hall–Kier alpha value is -2.78. The molecular weight excluding hydrogens is 420 g/mol. The average Bonchev–Trinajstić information content (AvgIpc) is 3.23. The molecule has 1 amide bonds. The van der Waals surface area contributed by atoms with Gasteiger partial charge in [-0.25, -0.2) is 8.93 Å². The third kappa shape index (κ3) is 4.08. The molecule has 0 aliphatic carbocycles. The van der Waals surface area contributed by atoms with E-state index in [0.717, 1.165) is 36.6 Å². The van der Waals surface area contributed by atoms with E-state index in [-0.39, 0.29) is 10.8 Å². The SMILES string of the molecule is C=CCc1ccc(C(=O)N2CCCCC2)c(NS(=O)(=[OH+])c2cccc3nsnc23)c1. The molecule has 1 aliphatic heterocycles. The number of nitrogens with one attached hydrogen (secondary N) is 1. The molecule has 156 valence electrons. The predicted molar refractivity (Wildman–Crippen MR) is 119 cm³/mol. The van der Waals surface area contributed by atoms with E-state index in [1.54, 1.807) is 41.3 Å². The number of piperidine rings is 1. The van der Waals surface area contributed by atoms with Gasteiger partial charge in [0.1, 0.15) is 11.0 Å². The lowest BCUT2D eigenvalue weighted by atomic mass is 10.0. The van der Waals surface area contributed by atoms with E-state index in [0.29, 0.717) is 41.8 Å². The molecule has 0 saturated carbocycles. The number of allylic oxidation sites excluding steroid dienone is 1.